The molecule has 0 aromatic carbocycles. The standard InChI is InChI=1S/C5H5N3O2/c9-5-6-2-1-4(8-5)3-7-10/h1-3,10H,(H,6,8,9). The van der Waals surface area contributed by atoms with Gasteiger partial charge in [0.25, 0.3) is 0 Å². The van der Waals surface area contributed by atoms with E-state index < -0.39 is 5.69 Å². The van der Waals surface area contributed by atoms with Crippen LogP contribution in [0.25, 0.3) is 0 Å². The number of aromatic amines is 1. The van der Waals surface area contributed by atoms with Crippen molar-refractivity contribution in [1.82, 2.24) is 9.97 Å². The van der Waals surface area contributed by atoms with E-state index in [9.17, 15) is 4.79 Å². The lowest BCUT2D eigenvalue weighted by molar-refractivity contribution is 0.321. The van der Waals surface area contributed by atoms with Gasteiger partial charge in [-0.25, -0.2) is 4.79 Å². The van der Waals surface area contributed by atoms with E-state index in [0.29, 0.717) is 5.69 Å². The number of hydrogen-bond donors (Lipinski definition) is 2. The van der Waals surface area contributed by atoms with Crippen molar-refractivity contribution in [1.29, 1.82) is 0 Å². The highest BCUT2D eigenvalue weighted by Gasteiger charge is 1.87. The maximum Gasteiger partial charge on any atom is 0.345 e. The van der Waals surface area contributed by atoms with Crippen molar-refractivity contribution in [3.8, 4) is 0 Å². The van der Waals surface area contributed by atoms with Gasteiger partial charge in [0.2, 0.25) is 0 Å². The van der Waals surface area contributed by atoms with Crippen LogP contribution in [-0.4, -0.2) is 21.4 Å². The van der Waals surface area contributed by atoms with Crippen LogP contribution in [0.1, 0.15) is 5.69 Å². The molecule has 0 aliphatic heterocycles. The van der Waals surface area contributed by atoms with Gasteiger partial charge < -0.3 is 10.2 Å². The monoisotopic (exact) mass is 139 g/mol. The molecule has 0 atom stereocenters. The summed E-state index contributed by atoms with van der Waals surface area (Å²) in [6.45, 7) is 0. The summed E-state index contributed by atoms with van der Waals surface area (Å²) >= 11 is 0. The first-order chi connectivity index (χ1) is 4.83. The molecule has 5 heteroatoms. The fourth-order valence-corrected chi connectivity index (χ4v) is 0.516. The minimum Gasteiger partial charge on any atom is -0.411 e. The van der Waals surface area contributed by atoms with Crippen LogP contribution in [0.15, 0.2) is 22.2 Å². The van der Waals surface area contributed by atoms with Crippen LogP contribution in [0.5, 0.6) is 0 Å². The third kappa shape index (κ3) is 1.41. The number of H-pyrrole nitrogens is 1. The van der Waals surface area contributed by atoms with Crippen LogP contribution in [0.3, 0.4) is 0 Å². The van der Waals surface area contributed by atoms with E-state index in [-0.39, 0.29) is 0 Å². The Hall–Kier alpha value is -1.65. The van der Waals surface area contributed by atoms with Crippen LogP contribution >= 0.6 is 0 Å². The lowest BCUT2D eigenvalue weighted by atomic mass is 10.4. The van der Waals surface area contributed by atoms with Crippen LogP contribution in [0.4, 0.5) is 0 Å². The molecular weight excluding hydrogens is 134 g/mol. The molecule has 0 unspecified atom stereocenters. The van der Waals surface area contributed by atoms with Gasteiger partial charge in [-0.3, -0.25) is 0 Å². The quantitative estimate of drug-likeness (QED) is 0.315. The molecule has 0 amide bonds. The zero-order chi connectivity index (χ0) is 7.40. The topological polar surface area (TPSA) is 78.3 Å². The van der Waals surface area contributed by atoms with Gasteiger partial charge in [-0.15, -0.1) is 0 Å². The molecule has 0 spiro atoms. The molecule has 1 aromatic heterocycles. The maximum absolute atomic E-state index is 10.5. The molecule has 0 saturated heterocycles. The van der Waals surface area contributed by atoms with Crippen molar-refractivity contribution in [3.63, 3.8) is 0 Å². The van der Waals surface area contributed by atoms with E-state index in [2.05, 4.69) is 15.1 Å². The number of rotatable bonds is 1. The molecular formula is C5H5N3O2. The summed E-state index contributed by atoms with van der Waals surface area (Å²) in [6, 6.07) is 1.52. The second-order valence-corrected chi connectivity index (χ2v) is 1.56. The average molecular weight is 139 g/mol. The fraction of sp³-hybridized carbons (Fsp3) is 0. The molecule has 10 heavy (non-hydrogen) atoms. The van der Waals surface area contributed by atoms with Gasteiger partial charge in [0.05, 0.1) is 11.9 Å². The summed E-state index contributed by atoms with van der Waals surface area (Å²) in [6.07, 6.45) is 2.50. The Bertz CT molecular complexity index is 291. The third-order valence-corrected chi connectivity index (χ3v) is 0.882. The van der Waals surface area contributed by atoms with Crippen molar-refractivity contribution < 1.29 is 5.21 Å². The summed E-state index contributed by atoms with van der Waals surface area (Å²) in [5.41, 5.74) is -0.136. The first kappa shape index (κ1) is 6.47. The van der Waals surface area contributed by atoms with E-state index >= 15 is 0 Å². The molecule has 1 aromatic rings. The van der Waals surface area contributed by atoms with E-state index in [4.69, 9.17) is 5.21 Å². The molecule has 0 saturated carbocycles. The summed E-state index contributed by atoms with van der Waals surface area (Å²) < 4.78 is 0. The van der Waals surface area contributed by atoms with Crippen molar-refractivity contribution in [2.24, 2.45) is 5.16 Å². The molecule has 0 bridgehead atoms. The normalized spacial score (nSPS) is 10.4. The van der Waals surface area contributed by atoms with Crippen LogP contribution in [-0.2, 0) is 0 Å². The van der Waals surface area contributed by atoms with Gasteiger partial charge in [0, 0.05) is 6.20 Å². The zero-order valence-corrected chi connectivity index (χ0v) is 4.98. The third-order valence-electron chi connectivity index (χ3n) is 0.882. The predicted molar refractivity (Wildman–Crippen MR) is 34.2 cm³/mol. The number of nitrogens with one attached hydrogen (secondary N) is 1. The SMILES string of the molecule is O=c1nc(C=NO)cc[nH]1. The summed E-state index contributed by atoms with van der Waals surface area (Å²) in [5.74, 6) is 0. The lowest BCUT2D eigenvalue weighted by Crippen LogP contribution is -2.10. The summed E-state index contributed by atoms with van der Waals surface area (Å²) in [5, 5.41) is 10.7. The number of nitrogens with zero attached hydrogens (tertiary/aromatic N) is 2. The Labute approximate surface area is 56.0 Å². The van der Waals surface area contributed by atoms with Crippen LogP contribution < -0.4 is 5.69 Å². The molecule has 0 fully saturated rings. The number of aromatic nitrogens is 2. The summed E-state index contributed by atoms with van der Waals surface area (Å²) in [7, 11) is 0. The fourth-order valence-electron chi connectivity index (χ4n) is 0.516. The molecule has 52 valence electrons. The van der Waals surface area contributed by atoms with E-state index in [1.807, 2.05) is 0 Å². The molecule has 2 N–H and O–H groups in total. The molecule has 0 aliphatic carbocycles. The van der Waals surface area contributed by atoms with Gasteiger partial charge in [-0.2, -0.15) is 4.98 Å². The number of oxime groups is 1. The smallest absolute Gasteiger partial charge is 0.345 e. The lowest BCUT2D eigenvalue weighted by Gasteiger charge is -1.84. The molecule has 5 nitrogen and oxygen atoms in total. The highest BCUT2D eigenvalue weighted by molar-refractivity contribution is 5.75. The predicted octanol–water partition coefficient (Wildman–Crippen LogP) is -0.422. The molecule has 1 heterocycles. The minimum atomic E-state index is -0.461. The highest BCUT2D eigenvalue weighted by atomic mass is 16.4. The highest BCUT2D eigenvalue weighted by Crippen LogP contribution is 1.80. The second kappa shape index (κ2) is 2.77. The zero-order valence-electron chi connectivity index (χ0n) is 4.98. The summed E-state index contributed by atoms with van der Waals surface area (Å²) in [4.78, 5) is 16.2. The second-order valence-electron chi connectivity index (χ2n) is 1.56. The van der Waals surface area contributed by atoms with Crippen molar-refractivity contribution in [2.45, 2.75) is 0 Å². The largest absolute Gasteiger partial charge is 0.411 e. The molecule has 0 radical (unpaired) electrons. The molecule has 0 aliphatic rings. The first-order valence-electron chi connectivity index (χ1n) is 2.56. The Morgan fingerprint density at radius 2 is 2.60 bits per heavy atom. The van der Waals surface area contributed by atoms with Crippen molar-refractivity contribution >= 4 is 6.21 Å². The average Bonchev–Trinajstić information content (AvgIpc) is 1.88. The van der Waals surface area contributed by atoms with E-state index in [1.54, 1.807) is 0 Å². The van der Waals surface area contributed by atoms with Crippen molar-refractivity contribution in [2.75, 3.05) is 0 Å². The van der Waals surface area contributed by atoms with Crippen molar-refractivity contribution in [3.05, 3.63) is 28.4 Å². The van der Waals surface area contributed by atoms with E-state index in [0.717, 1.165) is 6.21 Å². The maximum atomic E-state index is 10.5. The van der Waals surface area contributed by atoms with Gasteiger partial charge in [-0.1, -0.05) is 5.16 Å². The van der Waals surface area contributed by atoms with E-state index in [1.165, 1.54) is 12.3 Å². The molecule has 1 rings (SSSR count). The number of hydrogen-bond acceptors (Lipinski definition) is 4. The minimum absolute atomic E-state index is 0.325. The van der Waals surface area contributed by atoms with Gasteiger partial charge in [0.15, 0.2) is 0 Å². The van der Waals surface area contributed by atoms with Gasteiger partial charge >= 0.3 is 5.69 Å². The van der Waals surface area contributed by atoms with Crippen LogP contribution in [0, 0.1) is 0 Å². The van der Waals surface area contributed by atoms with Gasteiger partial charge in [-0.05, 0) is 6.07 Å². The Morgan fingerprint density at radius 3 is 3.20 bits per heavy atom. The Morgan fingerprint density at radius 1 is 1.80 bits per heavy atom. The Balaban J connectivity index is 3.07. The van der Waals surface area contributed by atoms with Crippen LogP contribution in [0.2, 0.25) is 0 Å². The van der Waals surface area contributed by atoms with Gasteiger partial charge in [0.1, 0.15) is 0 Å². The first-order valence-corrected chi connectivity index (χ1v) is 2.56. The Kier molecular flexibility index (Phi) is 1.79.